The van der Waals surface area contributed by atoms with Crippen LogP contribution in [-0.2, 0) is 16.6 Å². The van der Waals surface area contributed by atoms with Crippen molar-refractivity contribution in [3.63, 3.8) is 0 Å². The number of piperidine rings is 1. The Bertz CT molecular complexity index is 754. The molecule has 0 radical (unpaired) electrons. The average Bonchev–Trinajstić information content (AvgIpc) is 2.81. The topological polar surface area (TPSA) is 42.3 Å². The van der Waals surface area contributed by atoms with Crippen molar-refractivity contribution >= 4 is 36.9 Å². The Labute approximate surface area is 133 Å². The van der Waals surface area contributed by atoms with Crippen LogP contribution in [0.5, 0.6) is 0 Å². The van der Waals surface area contributed by atoms with Crippen molar-refractivity contribution in [1.82, 2.24) is 8.87 Å². The molecule has 1 aromatic heterocycles. The largest absolute Gasteiger partial charge is 0.347 e. The summed E-state index contributed by atoms with van der Waals surface area (Å²) in [5, 5.41) is 1.22. The zero-order chi connectivity index (χ0) is 15.0. The predicted molar refractivity (Wildman–Crippen MR) is 88.8 cm³/mol. The molecular weight excluding hydrogens is 352 g/mol. The van der Waals surface area contributed by atoms with Crippen molar-refractivity contribution in [1.29, 1.82) is 0 Å². The lowest BCUT2D eigenvalue weighted by Gasteiger charge is -2.31. The predicted octanol–water partition coefficient (Wildman–Crippen LogP) is 3.08. The lowest BCUT2D eigenvalue weighted by Crippen LogP contribution is -2.40. The van der Waals surface area contributed by atoms with Gasteiger partial charge in [-0.25, -0.2) is 12.7 Å². The molecule has 1 aromatic carbocycles. The first-order valence-electron chi connectivity index (χ1n) is 7.13. The molecule has 1 aliphatic heterocycles. The zero-order valence-corrected chi connectivity index (χ0v) is 14.4. The smallest absolute Gasteiger partial charge is 0.211 e. The van der Waals surface area contributed by atoms with E-state index in [1.54, 1.807) is 4.31 Å². The van der Waals surface area contributed by atoms with E-state index in [1.807, 2.05) is 6.07 Å². The van der Waals surface area contributed by atoms with Crippen molar-refractivity contribution in [2.24, 2.45) is 5.92 Å². The van der Waals surface area contributed by atoms with Crippen molar-refractivity contribution in [2.75, 3.05) is 19.3 Å². The van der Waals surface area contributed by atoms with Crippen LogP contribution in [0.25, 0.3) is 10.9 Å². The van der Waals surface area contributed by atoms with Crippen LogP contribution in [0.3, 0.4) is 0 Å². The average molecular weight is 371 g/mol. The van der Waals surface area contributed by atoms with Crippen LogP contribution in [0.4, 0.5) is 0 Å². The molecule has 4 nitrogen and oxygen atoms in total. The standard InChI is InChI=1S/C15H19BrN2O2S/c1-21(19,20)18-7-2-3-12(11-18)10-17-8-6-13-4-5-14(16)9-15(13)17/h4-6,8-9,12H,2-3,7,10-11H2,1H3. The van der Waals surface area contributed by atoms with Crippen molar-refractivity contribution in [2.45, 2.75) is 19.4 Å². The van der Waals surface area contributed by atoms with E-state index in [0.717, 1.165) is 23.9 Å². The monoisotopic (exact) mass is 370 g/mol. The number of halogens is 1. The fourth-order valence-corrected chi connectivity index (χ4v) is 4.36. The summed E-state index contributed by atoms with van der Waals surface area (Å²) in [6.07, 6.45) is 5.42. The summed E-state index contributed by atoms with van der Waals surface area (Å²) in [5.41, 5.74) is 1.20. The highest BCUT2D eigenvalue weighted by Gasteiger charge is 2.26. The third-order valence-corrected chi connectivity index (χ3v) is 5.90. The molecule has 0 bridgehead atoms. The van der Waals surface area contributed by atoms with E-state index in [0.29, 0.717) is 19.0 Å². The van der Waals surface area contributed by atoms with Gasteiger partial charge in [0.05, 0.1) is 6.26 Å². The number of sulfonamides is 1. The Hall–Kier alpha value is -0.850. The Morgan fingerprint density at radius 1 is 1.33 bits per heavy atom. The van der Waals surface area contributed by atoms with E-state index >= 15 is 0 Å². The molecule has 2 heterocycles. The van der Waals surface area contributed by atoms with Crippen molar-refractivity contribution < 1.29 is 8.42 Å². The van der Waals surface area contributed by atoms with Gasteiger partial charge in [-0.1, -0.05) is 22.0 Å². The van der Waals surface area contributed by atoms with Crippen LogP contribution in [0, 0.1) is 5.92 Å². The molecule has 0 N–H and O–H groups in total. The molecular formula is C15H19BrN2O2S. The molecule has 6 heteroatoms. The van der Waals surface area contributed by atoms with Gasteiger partial charge in [0.15, 0.2) is 0 Å². The Balaban J connectivity index is 1.80. The molecule has 114 valence electrons. The van der Waals surface area contributed by atoms with Gasteiger partial charge in [0.25, 0.3) is 0 Å². The van der Waals surface area contributed by atoms with Crippen LogP contribution in [0.1, 0.15) is 12.8 Å². The van der Waals surface area contributed by atoms with E-state index in [2.05, 4.69) is 44.9 Å². The number of hydrogen-bond acceptors (Lipinski definition) is 2. The summed E-state index contributed by atoms with van der Waals surface area (Å²) in [7, 11) is -3.07. The second-order valence-corrected chi connectivity index (χ2v) is 8.70. The number of benzene rings is 1. The minimum Gasteiger partial charge on any atom is -0.347 e. The summed E-state index contributed by atoms with van der Waals surface area (Å²) in [4.78, 5) is 0. The second kappa shape index (κ2) is 5.74. The number of aromatic nitrogens is 1. The first kappa shape index (κ1) is 15.1. The highest BCUT2D eigenvalue weighted by molar-refractivity contribution is 9.10. The number of rotatable bonds is 3. The highest BCUT2D eigenvalue weighted by Crippen LogP contribution is 2.25. The maximum Gasteiger partial charge on any atom is 0.211 e. The minimum atomic E-state index is -3.07. The first-order chi connectivity index (χ1) is 9.93. The van der Waals surface area contributed by atoms with Crippen LogP contribution >= 0.6 is 15.9 Å². The highest BCUT2D eigenvalue weighted by atomic mass is 79.9. The molecule has 2 aromatic rings. The Morgan fingerprint density at radius 3 is 2.90 bits per heavy atom. The lowest BCUT2D eigenvalue weighted by molar-refractivity contribution is 0.248. The molecule has 3 rings (SSSR count). The first-order valence-corrected chi connectivity index (χ1v) is 9.77. The molecule has 1 unspecified atom stereocenters. The van der Waals surface area contributed by atoms with E-state index in [4.69, 9.17) is 0 Å². The number of nitrogens with zero attached hydrogens (tertiary/aromatic N) is 2. The Morgan fingerprint density at radius 2 is 2.14 bits per heavy atom. The minimum absolute atomic E-state index is 0.378. The van der Waals surface area contributed by atoms with Crippen LogP contribution in [0.2, 0.25) is 0 Å². The molecule has 0 amide bonds. The van der Waals surface area contributed by atoms with Gasteiger partial charge in [-0.05, 0) is 42.3 Å². The van der Waals surface area contributed by atoms with Gasteiger partial charge in [-0.2, -0.15) is 0 Å². The maximum atomic E-state index is 11.7. The molecule has 1 fully saturated rings. The summed E-state index contributed by atoms with van der Waals surface area (Å²) in [5.74, 6) is 0.378. The summed E-state index contributed by atoms with van der Waals surface area (Å²) >= 11 is 3.51. The normalized spacial score (nSPS) is 21.0. The van der Waals surface area contributed by atoms with E-state index in [-0.39, 0.29) is 0 Å². The molecule has 1 aliphatic rings. The quantitative estimate of drug-likeness (QED) is 0.832. The molecule has 21 heavy (non-hydrogen) atoms. The zero-order valence-electron chi connectivity index (χ0n) is 12.0. The van der Waals surface area contributed by atoms with Gasteiger partial charge >= 0.3 is 0 Å². The van der Waals surface area contributed by atoms with E-state index in [9.17, 15) is 8.42 Å². The summed E-state index contributed by atoms with van der Waals surface area (Å²) < 4.78 is 28.3. The maximum absolute atomic E-state index is 11.7. The summed E-state index contributed by atoms with van der Waals surface area (Å²) in [6.45, 7) is 2.16. The lowest BCUT2D eigenvalue weighted by atomic mass is 9.99. The third-order valence-electron chi connectivity index (χ3n) is 4.14. The van der Waals surface area contributed by atoms with E-state index < -0.39 is 10.0 Å². The van der Waals surface area contributed by atoms with Gasteiger partial charge < -0.3 is 4.57 Å². The van der Waals surface area contributed by atoms with Gasteiger partial charge in [-0.3, -0.25) is 0 Å². The van der Waals surface area contributed by atoms with Crippen molar-refractivity contribution in [3.05, 3.63) is 34.9 Å². The molecule has 1 saturated heterocycles. The summed E-state index contributed by atoms with van der Waals surface area (Å²) in [6, 6.07) is 8.36. The van der Waals surface area contributed by atoms with Gasteiger partial charge in [0, 0.05) is 35.8 Å². The van der Waals surface area contributed by atoms with E-state index in [1.165, 1.54) is 17.2 Å². The van der Waals surface area contributed by atoms with Crippen molar-refractivity contribution in [3.8, 4) is 0 Å². The third kappa shape index (κ3) is 3.33. The number of hydrogen-bond donors (Lipinski definition) is 0. The number of fused-ring (bicyclic) bond motifs is 1. The molecule has 1 atom stereocenters. The fraction of sp³-hybridized carbons (Fsp3) is 0.467. The second-order valence-electron chi connectivity index (χ2n) is 5.80. The molecule has 0 saturated carbocycles. The van der Waals surface area contributed by atoms with Crippen LogP contribution in [0.15, 0.2) is 34.9 Å². The van der Waals surface area contributed by atoms with Gasteiger partial charge in [0.2, 0.25) is 10.0 Å². The Kier molecular flexibility index (Phi) is 4.12. The van der Waals surface area contributed by atoms with Gasteiger partial charge in [-0.15, -0.1) is 0 Å². The van der Waals surface area contributed by atoms with Crippen LogP contribution in [-0.4, -0.2) is 36.6 Å². The van der Waals surface area contributed by atoms with Crippen LogP contribution < -0.4 is 0 Å². The molecule has 0 spiro atoms. The fourth-order valence-electron chi connectivity index (χ4n) is 3.07. The SMILES string of the molecule is CS(=O)(=O)N1CCCC(Cn2ccc3ccc(Br)cc32)C1. The van der Waals surface area contributed by atoms with Gasteiger partial charge in [0.1, 0.15) is 0 Å². The molecule has 0 aliphatic carbocycles.